The Hall–Kier alpha value is -2.12. The molecule has 7 nitrogen and oxygen atoms in total. The molecule has 1 aliphatic heterocycles. The quantitative estimate of drug-likeness (QED) is 0.466. The van der Waals surface area contributed by atoms with E-state index in [-0.39, 0.29) is 0 Å². The number of carbonyl (C=O) groups excluding carboxylic acids is 2. The maximum atomic E-state index is 11.8. The van der Waals surface area contributed by atoms with Crippen molar-refractivity contribution >= 4 is 17.5 Å². The van der Waals surface area contributed by atoms with Crippen LogP contribution in [0.3, 0.4) is 0 Å². The summed E-state index contributed by atoms with van der Waals surface area (Å²) in [4.78, 5) is 25.1. The molecule has 7 heteroatoms. The predicted octanol–water partition coefficient (Wildman–Crippen LogP) is -0.945. The molecule has 126 valence electrons. The van der Waals surface area contributed by atoms with Crippen LogP contribution in [0.4, 0.5) is 5.69 Å². The summed E-state index contributed by atoms with van der Waals surface area (Å²) < 4.78 is 10.4. The van der Waals surface area contributed by atoms with Crippen LogP contribution in [0.25, 0.3) is 0 Å². The van der Waals surface area contributed by atoms with Crippen LogP contribution >= 0.6 is 0 Å². The van der Waals surface area contributed by atoms with Crippen molar-refractivity contribution in [3.8, 4) is 5.75 Å². The van der Waals surface area contributed by atoms with E-state index in [0.29, 0.717) is 18.0 Å². The van der Waals surface area contributed by atoms with Crippen molar-refractivity contribution in [1.82, 2.24) is 5.32 Å². The fourth-order valence-electron chi connectivity index (χ4n) is 2.42. The second-order valence-corrected chi connectivity index (χ2v) is 5.41. The van der Waals surface area contributed by atoms with Gasteiger partial charge in [-0.15, -0.1) is 0 Å². The van der Waals surface area contributed by atoms with Crippen LogP contribution < -0.4 is 20.3 Å². The second-order valence-electron chi connectivity index (χ2n) is 5.41. The molecule has 0 aliphatic carbocycles. The van der Waals surface area contributed by atoms with E-state index in [1.807, 2.05) is 0 Å². The number of carbonyl (C=O) groups is 2. The molecule has 2 rings (SSSR count). The third-order valence-electron chi connectivity index (χ3n) is 3.73. The Morgan fingerprint density at radius 2 is 2.04 bits per heavy atom. The zero-order chi connectivity index (χ0) is 16.5. The first-order valence-corrected chi connectivity index (χ1v) is 7.83. The van der Waals surface area contributed by atoms with Gasteiger partial charge in [-0.1, -0.05) is 6.07 Å². The molecule has 1 fully saturated rings. The standard InChI is InChI=1S/C16H23N3O4/c1-22-14-5-2-4-13(12-14)18-16(21)15(20)17-6-3-7-19-8-10-23-11-9-19/h2,4-5,12H,3,6-11H2,1H3,(H,17,20)(H,18,21)/p+1. The maximum absolute atomic E-state index is 11.8. The van der Waals surface area contributed by atoms with Gasteiger partial charge in [0.1, 0.15) is 18.8 Å². The average Bonchev–Trinajstić information content (AvgIpc) is 2.59. The van der Waals surface area contributed by atoms with Crippen LogP contribution in [-0.4, -0.2) is 58.3 Å². The summed E-state index contributed by atoms with van der Waals surface area (Å²) in [5, 5.41) is 5.20. The van der Waals surface area contributed by atoms with Gasteiger partial charge in [0.2, 0.25) is 0 Å². The largest absolute Gasteiger partial charge is 0.497 e. The van der Waals surface area contributed by atoms with E-state index >= 15 is 0 Å². The van der Waals surface area contributed by atoms with Gasteiger partial charge in [0, 0.05) is 24.7 Å². The van der Waals surface area contributed by atoms with Crippen molar-refractivity contribution < 1.29 is 24.0 Å². The molecule has 2 amide bonds. The number of amides is 2. The molecule has 1 heterocycles. The van der Waals surface area contributed by atoms with Gasteiger partial charge in [-0.2, -0.15) is 0 Å². The molecule has 0 aromatic heterocycles. The summed E-state index contributed by atoms with van der Waals surface area (Å²) in [7, 11) is 1.55. The summed E-state index contributed by atoms with van der Waals surface area (Å²) in [5.41, 5.74) is 0.530. The molecule has 3 N–H and O–H groups in total. The number of ether oxygens (including phenoxy) is 2. The fraction of sp³-hybridized carbons (Fsp3) is 0.500. The minimum absolute atomic E-state index is 0.495. The predicted molar refractivity (Wildman–Crippen MR) is 85.6 cm³/mol. The first-order valence-electron chi connectivity index (χ1n) is 7.83. The summed E-state index contributed by atoms with van der Waals surface area (Å²) in [6.07, 6.45) is 0.841. The number of hydrogen-bond donors (Lipinski definition) is 3. The highest BCUT2D eigenvalue weighted by molar-refractivity contribution is 6.39. The van der Waals surface area contributed by atoms with Gasteiger partial charge in [0.25, 0.3) is 0 Å². The van der Waals surface area contributed by atoms with Crippen molar-refractivity contribution in [1.29, 1.82) is 0 Å². The summed E-state index contributed by atoms with van der Waals surface area (Å²) in [6, 6.07) is 6.88. The van der Waals surface area contributed by atoms with Crippen LogP contribution in [0.15, 0.2) is 24.3 Å². The Balaban J connectivity index is 1.67. The molecule has 0 atom stereocenters. The van der Waals surface area contributed by atoms with E-state index in [2.05, 4.69) is 10.6 Å². The zero-order valence-electron chi connectivity index (χ0n) is 13.4. The number of anilines is 1. The third-order valence-corrected chi connectivity index (χ3v) is 3.73. The van der Waals surface area contributed by atoms with Crippen molar-refractivity contribution in [2.24, 2.45) is 0 Å². The lowest BCUT2D eigenvalue weighted by molar-refractivity contribution is -0.908. The molecule has 1 aliphatic rings. The van der Waals surface area contributed by atoms with Crippen molar-refractivity contribution in [2.45, 2.75) is 6.42 Å². The highest BCUT2D eigenvalue weighted by atomic mass is 16.5. The Labute approximate surface area is 135 Å². The smallest absolute Gasteiger partial charge is 0.313 e. The van der Waals surface area contributed by atoms with Crippen LogP contribution in [0, 0.1) is 0 Å². The van der Waals surface area contributed by atoms with Crippen molar-refractivity contribution in [2.75, 3.05) is 51.8 Å². The van der Waals surface area contributed by atoms with Crippen LogP contribution in [-0.2, 0) is 14.3 Å². The zero-order valence-corrected chi connectivity index (χ0v) is 13.4. The second kappa shape index (κ2) is 9.12. The molecule has 0 saturated carbocycles. The molecule has 23 heavy (non-hydrogen) atoms. The Morgan fingerprint density at radius 3 is 2.78 bits per heavy atom. The number of benzene rings is 1. The molecule has 0 bridgehead atoms. The van der Waals surface area contributed by atoms with Gasteiger partial charge in [0.15, 0.2) is 0 Å². The maximum Gasteiger partial charge on any atom is 0.313 e. The first kappa shape index (κ1) is 17.2. The molecule has 1 saturated heterocycles. The fourth-order valence-corrected chi connectivity index (χ4v) is 2.42. The topological polar surface area (TPSA) is 81.1 Å². The lowest BCUT2D eigenvalue weighted by Crippen LogP contribution is -3.14. The Kier molecular flexibility index (Phi) is 6.83. The highest BCUT2D eigenvalue weighted by Gasteiger charge is 2.15. The molecular weight excluding hydrogens is 298 g/mol. The molecular formula is C16H24N3O4+. The molecule has 0 spiro atoms. The van der Waals surface area contributed by atoms with Crippen LogP contribution in [0.1, 0.15) is 6.42 Å². The lowest BCUT2D eigenvalue weighted by atomic mass is 10.3. The highest BCUT2D eigenvalue weighted by Crippen LogP contribution is 2.16. The molecule has 0 radical (unpaired) electrons. The van der Waals surface area contributed by atoms with Crippen LogP contribution in [0.5, 0.6) is 5.75 Å². The van der Waals surface area contributed by atoms with Crippen molar-refractivity contribution in [3.63, 3.8) is 0 Å². The van der Waals surface area contributed by atoms with Crippen molar-refractivity contribution in [3.05, 3.63) is 24.3 Å². The van der Waals surface area contributed by atoms with E-state index in [0.717, 1.165) is 39.3 Å². The van der Waals surface area contributed by atoms with Gasteiger partial charge in [-0.05, 0) is 12.1 Å². The summed E-state index contributed by atoms with van der Waals surface area (Å²) in [5.74, 6) is -0.668. The van der Waals surface area contributed by atoms with E-state index in [9.17, 15) is 9.59 Å². The average molecular weight is 322 g/mol. The van der Waals surface area contributed by atoms with Gasteiger partial charge < -0.3 is 25.0 Å². The van der Waals surface area contributed by atoms with E-state index in [1.54, 1.807) is 31.4 Å². The summed E-state index contributed by atoms with van der Waals surface area (Å²) >= 11 is 0. The number of morpholine rings is 1. The third kappa shape index (κ3) is 5.88. The van der Waals surface area contributed by atoms with Gasteiger partial charge >= 0.3 is 11.8 Å². The van der Waals surface area contributed by atoms with Gasteiger partial charge in [0.05, 0.1) is 26.9 Å². The molecule has 1 aromatic rings. The number of rotatable bonds is 6. The molecule has 0 unspecified atom stereocenters. The summed E-state index contributed by atoms with van der Waals surface area (Å²) in [6.45, 7) is 5.07. The number of methoxy groups -OCH3 is 1. The van der Waals surface area contributed by atoms with Crippen LogP contribution in [0.2, 0.25) is 0 Å². The number of hydrogen-bond acceptors (Lipinski definition) is 4. The monoisotopic (exact) mass is 322 g/mol. The van der Waals surface area contributed by atoms with E-state index in [1.165, 1.54) is 4.90 Å². The SMILES string of the molecule is COc1cccc(NC(=O)C(=O)NCCC[NH+]2CCOCC2)c1. The van der Waals surface area contributed by atoms with Gasteiger partial charge in [-0.3, -0.25) is 9.59 Å². The number of quaternary nitrogens is 1. The van der Waals surface area contributed by atoms with E-state index < -0.39 is 11.8 Å². The minimum Gasteiger partial charge on any atom is -0.497 e. The Morgan fingerprint density at radius 1 is 1.26 bits per heavy atom. The van der Waals surface area contributed by atoms with Gasteiger partial charge in [-0.25, -0.2) is 0 Å². The Bertz CT molecular complexity index is 530. The first-order chi connectivity index (χ1) is 11.2. The lowest BCUT2D eigenvalue weighted by Gasteiger charge is -2.23. The normalized spacial score (nSPS) is 15.0. The molecule has 1 aromatic carbocycles. The number of nitrogens with one attached hydrogen (secondary N) is 3. The minimum atomic E-state index is -0.669. The van der Waals surface area contributed by atoms with E-state index in [4.69, 9.17) is 9.47 Å².